The monoisotopic (exact) mass is 387 g/mol. The van der Waals surface area contributed by atoms with Crippen LogP contribution in [0.2, 0.25) is 0 Å². The number of benzene rings is 1. The molecule has 0 atom stereocenters. The predicted molar refractivity (Wildman–Crippen MR) is 99.2 cm³/mol. The second kappa shape index (κ2) is 21.0. The molecule has 0 saturated heterocycles. The Hall–Kier alpha value is -2.07. The van der Waals surface area contributed by atoms with Gasteiger partial charge in [0.15, 0.2) is 0 Å². The molecule has 1 aromatic carbocycles. The van der Waals surface area contributed by atoms with Crippen molar-refractivity contribution in [2.24, 2.45) is 4.99 Å². The Labute approximate surface area is 167 Å². The van der Waals surface area contributed by atoms with E-state index in [2.05, 4.69) is 42.0 Å². The minimum absolute atomic E-state index is 0. The maximum Gasteiger partial charge on any atom is 0.00506 e. The van der Waals surface area contributed by atoms with Crippen LogP contribution >= 0.6 is 0 Å². The summed E-state index contributed by atoms with van der Waals surface area (Å²) in [6, 6.07) is 10.6. The molecule has 0 spiro atoms. The molecule has 134 valence electrons. The largest absolute Gasteiger partial charge is 0.0767 e. The first-order valence-corrected chi connectivity index (χ1v) is 8.11. The molecule has 2 aliphatic carbocycles. The molecule has 4 heteroatoms. The summed E-state index contributed by atoms with van der Waals surface area (Å²) in [6.45, 7) is 9.00. The first-order valence-electron chi connectivity index (χ1n) is 8.11. The standard InChI is InChI=1S/C15H17N.C5H5.2CO.Mn/c1-3-8-14(9-4-1)10-7-13-16-15-11-5-2-6-12-15;1-2-4-5-3-1;2*1-2;/h1,3-4,8-10,15H,2,5-6,11-12H2;1-5H;;;. The van der Waals surface area contributed by atoms with Gasteiger partial charge in [-0.05, 0) is 30.2 Å². The minimum Gasteiger partial charge on any atom is -0.0767 e. The van der Waals surface area contributed by atoms with Crippen molar-refractivity contribution in [3.8, 4) is 0 Å². The van der Waals surface area contributed by atoms with Crippen LogP contribution in [0.3, 0.4) is 0 Å². The van der Waals surface area contributed by atoms with Crippen LogP contribution in [0.4, 0.5) is 0 Å². The summed E-state index contributed by atoms with van der Waals surface area (Å²) in [5.41, 5.74) is 4.15. The van der Waals surface area contributed by atoms with Crippen LogP contribution in [0.15, 0.2) is 65.4 Å². The Morgan fingerprint density at radius 3 is 1.96 bits per heavy atom. The van der Waals surface area contributed by atoms with Gasteiger partial charge in [0.05, 0.1) is 6.04 Å². The van der Waals surface area contributed by atoms with Crippen LogP contribution in [-0.4, -0.2) is 11.9 Å². The van der Waals surface area contributed by atoms with Gasteiger partial charge in [-0.15, -0.1) is 0 Å². The molecule has 1 saturated carbocycles. The first kappa shape index (κ1) is 26.2. The third-order valence-electron chi connectivity index (χ3n) is 3.48. The van der Waals surface area contributed by atoms with Crippen LogP contribution in [0.1, 0.15) is 37.7 Å². The van der Waals surface area contributed by atoms with Gasteiger partial charge in [-0.25, -0.2) is 4.99 Å². The fraction of sp³-hybridized carbons (Fsp3) is 0.273. The average molecular weight is 387 g/mol. The Morgan fingerprint density at radius 2 is 1.46 bits per heavy atom. The average Bonchev–Trinajstić information content (AvgIpc) is 3.30. The second-order valence-electron chi connectivity index (χ2n) is 5.19. The summed E-state index contributed by atoms with van der Waals surface area (Å²) in [7, 11) is 0. The van der Waals surface area contributed by atoms with Crippen molar-refractivity contribution in [1.29, 1.82) is 0 Å². The summed E-state index contributed by atoms with van der Waals surface area (Å²) in [4.78, 5) is 4.41. The third kappa shape index (κ3) is 14.3. The fourth-order valence-corrected chi connectivity index (χ4v) is 2.32. The molecule has 1 aromatic rings. The number of hydrogen-bond donors (Lipinski definition) is 0. The summed E-state index contributed by atoms with van der Waals surface area (Å²) < 4.78 is 15.0. The van der Waals surface area contributed by atoms with Crippen LogP contribution in [-0.2, 0) is 26.4 Å². The van der Waals surface area contributed by atoms with Gasteiger partial charge >= 0.3 is 22.6 Å². The zero-order chi connectivity index (χ0) is 18.6. The molecule has 0 unspecified atom stereocenters. The number of rotatable bonds is 2. The van der Waals surface area contributed by atoms with Crippen molar-refractivity contribution in [3.05, 3.63) is 85.7 Å². The van der Waals surface area contributed by atoms with E-state index in [1.54, 1.807) is 0 Å². The summed E-state index contributed by atoms with van der Waals surface area (Å²) in [5.74, 6) is 2.92. The molecule has 0 bridgehead atoms. The Morgan fingerprint density at radius 1 is 0.885 bits per heavy atom. The molecular weight excluding hydrogens is 365 g/mol. The number of hydrogen-bond acceptors (Lipinski definition) is 1. The van der Waals surface area contributed by atoms with E-state index in [4.69, 9.17) is 9.30 Å². The molecule has 2 aliphatic rings. The minimum atomic E-state index is 0. The zero-order valence-corrected chi connectivity index (χ0v) is 15.8. The maximum absolute atomic E-state index is 7.50. The van der Waals surface area contributed by atoms with Gasteiger partial charge in [0.2, 0.25) is 0 Å². The maximum atomic E-state index is 7.50. The van der Waals surface area contributed by atoms with Crippen LogP contribution < -0.4 is 0 Å². The normalized spacial score (nSPS) is 13.4. The van der Waals surface area contributed by atoms with Crippen LogP contribution in [0, 0.1) is 19.7 Å². The molecule has 0 heterocycles. The van der Waals surface area contributed by atoms with Crippen molar-refractivity contribution in [3.63, 3.8) is 0 Å². The summed E-state index contributed by atoms with van der Waals surface area (Å²) >= 11 is 0. The molecule has 2 radical (unpaired) electrons. The molecule has 1 fully saturated rings. The second-order valence-corrected chi connectivity index (χ2v) is 5.19. The van der Waals surface area contributed by atoms with Crippen LogP contribution in [0.5, 0.6) is 0 Å². The van der Waals surface area contributed by atoms with Crippen molar-refractivity contribution < 1.29 is 26.4 Å². The van der Waals surface area contributed by atoms with Gasteiger partial charge in [0.1, 0.15) is 0 Å². The van der Waals surface area contributed by atoms with Crippen molar-refractivity contribution in [2.45, 2.75) is 38.1 Å². The Balaban J connectivity index is 0. The molecule has 0 aliphatic heterocycles. The first-order chi connectivity index (χ1) is 12.4. The molecule has 3 rings (SSSR count). The summed E-state index contributed by atoms with van der Waals surface area (Å²) in [5, 5.41) is 0. The van der Waals surface area contributed by atoms with E-state index < -0.39 is 0 Å². The van der Waals surface area contributed by atoms with Gasteiger partial charge in [-0.3, -0.25) is 0 Å². The van der Waals surface area contributed by atoms with E-state index >= 15 is 0 Å². The van der Waals surface area contributed by atoms with Crippen molar-refractivity contribution >= 4 is 11.9 Å². The zero-order valence-electron chi connectivity index (χ0n) is 14.6. The molecule has 0 N–H and O–H groups in total. The third-order valence-corrected chi connectivity index (χ3v) is 3.48. The van der Waals surface area contributed by atoms with E-state index in [9.17, 15) is 0 Å². The van der Waals surface area contributed by atoms with Gasteiger partial charge in [-0.1, -0.05) is 73.9 Å². The van der Waals surface area contributed by atoms with Crippen molar-refractivity contribution in [2.75, 3.05) is 0 Å². The molecule has 0 amide bonds. The Bertz CT molecular complexity index is 624. The fourth-order valence-electron chi connectivity index (χ4n) is 2.32. The molecule has 26 heavy (non-hydrogen) atoms. The van der Waals surface area contributed by atoms with Gasteiger partial charge < -0.3 is 0 Å². The van der Waals surface area contributed by atoms with E-state index in [0.717, 1.165) is 5.56 Å². The predicted octanol–water partition coefficient (Wildman–Crippen LogP) is 5.10. The topological polar surface area (TPSA) is 52.2 Å². The molecular formula is C22H22MnNO2. The molecule has 3 nitrogen and oxygen atoms in total. The van der Waals surface area contributed by atoms with Crippen LogP contribution in [0.25, 0.3) is 6.08 Å². The van der Waals surface area contributed by atoms with Crippen molar-refractivity contribution in [1.82, 2.24) is 0 Å². The van der Waals surface area contributed by atoms with E-state index in [0.29, 0.717) is 6.04 Å². The van der Waals surface area contributed by atoms with E-state index in [1.165, 1.54) is 32.1 Å². The van der Waals surface area contributed by atoms with Gasteiger partial charge in [0.25, 0.3) is 0 Å². The SMILES string of the molecule is C(=C=NC1CCCCC1)=Cc1ccccc1.[C-]#[O+].[C-]#[O+].[CH]1C=CC=C1.[Mn]. The number of allylic oxidation sites excluding steroid dienone is 4. The van der Waals surface area contributed by atoms with E-state index in [-0.39, 0.29) is 17.1 Å². The van der Waals surface area contributed by atoms with Gasteiger partial charge in [-0.2, -0.15) is 0 Å². The summed E-state index contributed by atoms with van der Waals surface area (Å²) in [6.07, 6.45) is 18.4. The smallest absolute Gasteiger partial charge is 0.00506 e. The quantitative estimate of drug-likeness (QED) is 0.223. The van der Waals surface area contributed by atoms with Gasteiger partial charge in [0, 0.05) is 29.4 Å². The molecule has 0 aromatic heterocycles. The number of aliphatic imine (C=N–C) groups is 1. The Kier molecular flexibility index (Phi) is 21.1. The van der Waals surface area contributed by atoms with E-state index in [1.807, 2.05) is 55.0 Å². The number of nitrogens with zero attached hydrogens (tertiary/aromatic N) is 1.